The average Bonchev–Trinajstić information content (AvgIpc) is 3.42. The second-order valence-corrected chi connectivity index (χ2v) is 8.08. The number of halogens is 4. The zero-order valence-corrected chi connectivity index (χ0v) is 19.8. The highest BCUT2D eigenvalue weighted by Gasteiger charge is 2.52. The summed E-state index contributed by atoms with van der Waals surface area (Å²) in [7, 11) is 0. The molecule has 1 aliphatic heterocycles. The van der Waals surface area contributed by atoms with Gasteiger partial charge in [0.15, 0.2) is 0 Å². The van der Waals surface area contributed by atoms with Gasteiger partial charge >= 0.3 is 12.2 Å². The van der Waals surface area contributed by atoms with Gasteiger partial charge in [-0.2, -0.15) is 33.8 Å². The maximum atomic E-state index is 14.6. The smallest absolute Gasteiger partial charge is 0.305 e. The number of aromatic amines is 1. The molecule has 0 spiro atoms. The van der Waals surface area contributed by atoms with Crippen molar-refractivity contribution in [3.8, 4) is 17.3 Å². The summed E-state index contributed by atoms with van der Waals surface area (Å²) in [5.74, 6) is -1.38. The zero-order chi connectivity index (χ0) is 26.8. The van der Waals surface area contributed by atoms with Gasteiger partial charge in [0.1, 0.15) is 17.1 Å². The van der Waals surface area contributed by atoms with Gasteiger partial charge in [0.05, 0.1) is 29.1 Å². The SMILES string of the molecule is CC.CC1(C)C(=O)N(c2ccc(C#N)c(C(F)(F)F)c2)C(=O)N1Cc1ccc(-c2cn[nH]n2)c(F)c1. The second kappa shape index (κ2) is 9.77. The monoisotopic (exact) mass is 502 g/mol. The number of aromatic nitrogens is 3. The third-order valence-corrected chi connectivity index (χ3v) is 5.58. The molecule has 0 radical (unpaired) electrons. The predicted molar refractivity (Wildman–Crippen MR) is 122 cm³/mol. The van der Waals surface area contributed by atoms with Crippen LogP contribution in [0.2, 0.25) is 0 Å². The highest BCUT2D eigenvalue weighted by atomic mass is 19.4. The molecule has 1 aromatic heterocycles. The number of carbonyl (C=O) groups is 2. The van der Waals surface area contributed by atoms with Gasteiger partial charge in [-0.05, 0) is 49.7 Å². The number of benzene rings is 2. The lowest BCUT2D eigenvalue weighted by Gasteiger charge is -2.27. The molecule has 0 unspecified atom stereocenters. The van der Waals surface area contributed by atoms with Crippen molar-refractivity contribution in [3.05, 3.63) is 65.1 Å². The number of rotatable bonds is 4. The van der Waals surface area contributed by atoms with E-state index < -0.39 is 40.6 Å². The number of anilines is 1. The number of amides is 3. The van der Waals surface area contributed by atoms with Crippen LogP contribution in [0.4, 0.5) is 28.0 Å². The third kappa shape index (κ3) is 4.64. The van der Waals surface area contributed by atoms with Gasteiger partial charge in [0.2, 0.25) is 0 Å². The lowest BCUT2D eigenvalue weighted by atomic mass is 10.0. The second-order valence-electron chi connectivity index (χ2n) is 8.08. The fourth-order valence-electron chi connectivity index (χ4n) is 3.71. The van der Waals surface area contributed by atoms with Crippen LogP contribution in [-0.2, 0) is 17.5 Å². The van der Waals surface area contributed by atoms with Gasteiger partial charge in [-0.1, -0.05) is 19.9 Å². The summed E-state index contributed by atoms with van der Waals surface area (Å²) >= 11 is 0. The fourth-order valence-corrected chi connectivity index (χ4v) is 3.71. The van der Waals surface area contributed by atoms with Crippen molar-refractivity contribution in [1.82, 2.24) is 20.3 Å². The molecule has 0 saturated carbocycles. The maximum Gasteiger partial charge on any atom is 0.417 e. The molecule has 2 aromatic carbocycles. The molecule has 3 amide bonds. The average molecular weight is 502 g/mol. The summed E-state index contributed by atoms with van der Waals surface area (Å²) in [5, 5.41) is 18.8. The minimum absolute atomic E-state index is 0.174. The number of imide groups is 1. The number of nitrogens with zero attached hydrogens (tertiary/aromatic N) is 5. The van der Waals surface area contributed by atoms with Gasteiger partial charge < -0.3 is 4.90 Å². The molecule has 4 rings (SSSR count). The number of carbonyl (C=O) groups excluding carboxylic acids is 2. The van der Waals surface area contributed by atoms with E-state index in [1.807, 2.05) is 13.8 Å². The van der Waals surface area contributed by atoms with Crippen molar-refractivity contribution >= 4 is 17.6 Å². The Labute approximate surface area is 204 Å². The Balaban J connectivity index is 0.00000176. The van der Waals surface area contributed by atoms with Crippen LogP contribution in [0.1, 0.15) is 44.4 Å². The number of nitriles is 1. The maximum absolute atomic E-state index is 14.6. The molecule has 1 saturated heterocycles. The van der Waals surface area contributed by atoms with E-state index in [4.69, 9.17) is 5.26 Å². The van der Waals surface area contributed by atoms with Crippen LogP contribution in [-0.4, -0.2) is 37.8 Å². The van der Waals surface area contributed by atoms with E-state index >= 15 is 0 Å². The molecule has 0 aliphatic carbocycles. The number of H-pyrrole nitrogens is 1. The highest BCUT2D eigenvalue weighted by Crippen LogP contribution is 2.38. The van der Waals surface area contributed by atoms with Crippen LogP contribution in [0.5, 0.6) is 0 Å². The Morgan fingerprint density at radius 3 is 2.36 bits per heavy atom. The topological polar surface area (TPSA) is 106 Å². The molecule has 3 aromatic rings. The van der Waals surface area contributed by atoms with Crippen LogP contribution in [0.25, 0.3) is 11.3 Å². The molecular formula is C24H22F4N6O2. The summed E-state index contributed by atoms with van der Waals surface area (Å²) < 4.78 is 54.8. The van der Waals surface area contributed by atoms with Gasteiger partial charge in [-0.25, -0.2) is 14.1 Å². The lowest BCUT2D eigenvalue weighted by Crippen LogP contribution is -2.43. The minimum Gasteiger partial charge on any atom is -0.305 e. The van der Waals surface area contributed by atoms with Crippen LogP contribution in [0.3, 0.4) is 0 Å². The Kier molecular flexibility index (Phi) is 7.15. The first-order chi connectivity index (χ1) is 16.9. The number of hydrogen-bond donors (Lipinski definition) is 1. The summed E-state index contributed by atoms with van der Waals surface area (Å²) in [6, 6.07) is 7.39. The van der Waals surface area contributed by atoms with Gasteiger partial charge in [-0.3, -0.25) is 4.79 Å². The van der Waals surface area contributed by atoms with Crippen molar-refractivity contribution in [2.75, 3.05) is 4.90 Å². The van der Waals surface area contributed by atoms with Crippen LogP contribution in [0.15, 0.2) is 42.6 Å². The van der Waals surface area contributed by atoms with E-state index in [9.17, 15) is 27.2 Å². The van der Waals surface area contributed by atoms with E-state index in [0.717, 1.165) is 17.0 Å². The molecule has 12 heteroatoms. The molecule has 0 bridgehead atoms. The van der Waals surface area contributed by atoms with Gasteiger partial charge in [0, 0.05) is 12.1 Å². The molecular weight excluding hydrogens is 480 g/mol. The normalized spacial score (nSPS) is 15.0. The number of alkyl halides is 3. The Hall–Kier alpha value is -4.27. The van der Waals surface area contributed by atoms with E-state index in [1.165, 1.54) is 38.2 Å². The standard InChI is InChI=1S/C22H16F4N6O2.C2H6/c1-21(2)19(33)32(14-5-4-13(9-27)16(8-14)22(24,25)26)20(34)31(21)11-12-3-6-15(17(23)7-12)18-10-28-30-29-18;1-2/h3-8,10H,11H2,1-2H3,(H,28,29,30);1-2H3. The molecule has 1 N–H and O–H groups in total. The first-order valence-corrected chi connectivity index (χ1v) is 10.9. The minimum atomic E-state index is -4.86. The van der Waals surface area contributed by atoms with E-state index in [2.05, 4.69) is 15.4 Å². The Morgan fingerprint density at radius 2 is 1.81 bits per heavy atom. The highest BCUT2D eigenvalue weighted by molar-refractivity contribution is 6.23. The summed E-state index contributed by atoms with van der Waals surface area (Å²) in [6.45, 7) is 6.72. The molecule has 188 valence electrons. The van der Waals surface area contributed by atoms with Gasteiger partial charge in [0.25, 0.3) is 5.91 Å². The van der Waals surface area contributed by atoms with Crippen molar-refractivity contribution < 1.29 is 27.2 Å². The van der Waals surface area contributed by atoms with Crippen LogP contribution in [0, 0.1) is 17.1 Å². The lowest BCUT2D eigenvalue weighted by molar-refractivity contribution is -0.137. The molecule has 8 nitrogen and oxygen atoms in total. The van der Waals surface area contributed by atoms with Crippen molar-refractivity contribution in [2.45, 2.75) is 46.0 Å². The number of urea groups is 1. The summed E-state index contributed by atoms with van der Waals surface area (Å²) in [4.78, 5) is 28.0. The van der Waals surface area contributed by atoms with E-state index in [0.29, 0.717) is 16.5 Å². The predicted octanol–water partition coefficient (Wildman–Crippen LogP) is 5.27. The molecule has 1 fully saturated rings. The Morgan fingerprint density at radius 1 is 1.11 bits per heavy atom. The quantitative estimate of drug-likeness (QED) is 0.386. The van der Waals surface area contributed by atoms with Crippen LogP contribution < -0.4 is 4.90 Å². The first kappa shape index (κ1) is 26.3. The number of hydrogen-bond acceptors (Lipinski definition) is 5. The van der Waals surface area contributed by atoms with Gasteiger partial charge in [-0.15, -0.1) is 0 Å². The number of nitrogens with one attached hydrogen (secondary N) is 1. The van der Waals surface area contributed by atoms with Crippen molar-refractivity contribution in [1.29, 1.82) is 5.26 Å². The van der Waals surface area contributed by atoms with E-state index in [-0.39, 0.29) is 23.5 Å². The van der Waals surface area contributed by atoms with Crippen molar-refractivity contribution in [3.63, 3.8) is 0 Å². The third-order valence-electron chi connectivity index (χ3n) is 5.58. The van der Waals surface area contributed by atoms with E-state index in [1.54, 1.807) is 6.07 Å². The molecule has 1 aliphatic rings. The molecule has 0 atom stereocenters. The fraction of sp³-hybridized carbons (Fsp3) is 0.292. The summed E-state index contributed by atoms with van der Waals surface area (Å²) in [5.41, 5.74) is -2.81. The molecule has 36 heavy (non-hydrogen) atoms. The summed E-state index contributed by atoms with van der Waals surface area (Å²) in [6.07, 6.45) is -3.51. The van der Waals surface area contributed by atoms with Crippen molar-refractivity contribution in [2.24, 2.45) is 0 Å². The first-order valence-electron chi connectivity index (χ1n) is 10.9. The van der Waals surface area contributed by atoms with Crippen LogP contribution >= 0.6 is 0 Å². The largest absolute Gasteiger partial charge is 0.417 e. The molecule has 2 heterocycles. The zero-order valence-electron chi connectivity index (χ0n) is 19.8. The Bertz CT molecular complexity index is 1330.